The van der Waals surface area contributed by atoms with Crippen molar-refractivity contribution in [3.63, 3.8) is 0 Å². The Hall–Kier alpha value is -1.48. The Labute approximate surface area is 169 Å². The molecule has 148 valence electrons. The number of benzene rings is 1. The van der Waals surface area contributed by atoms with Gasteiger partial charge in [0.15, 0.2) is 0 Å². The molecular formula is C18H24ClN3O3S2. The minimum absolute atomic E-state index is 0.0126. The molecule has 0 bridgehead atoms. The highest BCUT2D eigenvalue weighted by Gasteiger charge is 2.25. The van der Waals surface area contributed by atoms with Gasteiger partial charge >= 0.3 is 0 Å². The van der Waals surface area contributed by atoms with E-state index in [0.717, 1.165) is 5.01 Å². The Balaban J connectivity index is 2.18. The summed E-state index contributed by atoms with van der Waals surface area (Å²) >= 11 is 7.64. The molecule has 2 aromatic rings. The van der Waals surface area contributed by atoms with E-state index in [-0.39, 0.29) is 22.2 Å². The summed E-state index contributed by atoms with van der Waals surface area (Å²) in [6.07, 6.45) is 0.129. The summed E-state index contributed by atoms with van der Waals surface area (Å²) in [5.41, 5.74) is 1.08. The number of hydrogen-bond acceptors (Lipinski definition) is 5. The molecule has 1 aromatic heterocycles. The molecule has 0 saturated heterocycles. The SMILES string of the molecule is CCN(CC)S(=O)(=O)c1cc(NC(=O)Cc2csc(C(C)C)n2)ccc1Cl. The first-order chi connectivity index (χ1) is 12.7. The van der Waals surface area contributed by atoms with Gasteiger partial charge in [0.1, 0.15) is 4.90 Å². The Morgan fingerprint density at radius 3 is 2.52 bits per heavy atom. The highest BCUT2D eigenvalue weighted by molar-refractivity contribution is 7.89. The lowest BCUT2D eigenvalue weighted by Crippen LogP contribution is -2.31. The number of aromatic nitrogens is 1. The van der Waals surface area contributed by atoms with Crippen molar-refractivity contribution in [2.45, 2.75) is 44.9 Å². The smallest absolute Gasteiger partial charge is 0.244 e. The maximum absolute atomic E-state index is 12.7. The Morgan fingerprint density at radius 1 is 1.30 bits per heavy atom. The second kappa shape index (κ2) is 9.14. The quantitative estimate of drug-likeness (QED) is 0.684. The molecule has 1 amide bonds. The standard InChI is InChI=1S/C18H24ClN3O3S2/c1-5-22(6-2)27(24,25)16-9-13(7-8-15(16)19)20-17(23)10-14-11-26-18(21-14)12(3)4/h7-9,11-12H,5-6,10H2,1-4H3,(H,20,23). The van der Waals surface area contributed by atoms with Gasteiger partial charge in [0.2, 0.25) is 15.9 Å². The molecule has 0 aliphatic heterocycles. The van der Waals surface area contributed by atoms with E-state index in [9.17, 15) is 13.2 Å². The molecule has 0 aliphatic rings. The van der Waals surface area contributed by atoms with E-state index >= 15 is 0 Å². The van der Waals surface area contributed by atoms with Crippen LogP contribution in [0, 0.1) is 0 Å². The first kappa shape index (κ1) is 21.8. The molecule has 0 spiro atoms. The molecule has 1 N–H and O–H groups in total. The van der Waals surface area contributed by atoms with Crippen molar-refractivity contribution in [2.75, 3.05) is 18.4 Å². The Kier molecular flexibility index (Phi) is 7.39. The van der Waals surface area contributed by atoms with Gasteiger partial charge in [0, 0.05) is 30.1 Å². The fourth-order valence-electron chi connectivity index (χ4n) is 2.52. The van der Waals surface area contributed by atoms with Gasteiger partial charge in [-0.25, -0.2) is 13.4 Å². The van der Waals surface area contributed by atoms with Gasteiger partial charge in [-0.1, -0.05) is 39.3 Å². The van der Waals surface area contributed by atoms with E-state index in [1.165, 1.54) is 27.8 Å². The van der Waals surface area contributed by atoms with Crippen molar-refractivity contribution in [2.24, 2.45) is 0 Å². The molecule has 0 atom stereocenters. The second-order valence-corrected chi connectivity index (χ2v) is 9.49. The zero-order valence-corrected chi connectivity index (χ0v) is 18.2. The minimum atomic E-state index is -3.72. The minimum Gasteiger partial charge on any atom is -0.326 e. The number of carbonyl (C=O) groups is 1. The van der Waals surface area contributed by atoms with Crippen LogP contribution in [0.25, 0.3) is 0 Å². The van der Waals surface area contributed by atoms with E-state index in [0.29, 0.717) is 30.4 Å². The van der Waals surface area contributed by atoms with E-state index in [1.54, 1.807) is 19.9 Å². The molecule has 1 aromatic carbocycles. The molecule has 0 fully saturated rings. The van der Waals surface area contributed by atoms with Crippen molar-refractivity contribution >= 4 is 44.6 Å². The number of hydrogen-bond donors (Lipinski definition) is 1. The van der Waals surface area contributed by atoms with Crippen LogP contribution in [-0.4, -0.2) is 36.7 Å². The molecule has 0 unspecified atom stereocenters. The molecule has 27 heavy (non-hydrogen) atoms. The average Bonchev–Trinajstić information content (AvgIpc) is 3.06. The van der Waals surface area contributed by atoms with Crippen molar-refractivity contribution < 1.29 is 13.2 Å². The van der Waals surface area contributed by atoms with E-state index in [1.807, 2.05) is 19.2 Å². The highest BCUT2D eigenvalue weighted by atomic mass is 35.5. The topological polar surface area (TPSA) is 79.4 Å². The van der Waals surface area contributed by atoms with Crippen LogP contribution in [0.4, 0.5) is 5.69 Å². The summed E-state index contributed by atoms with van der Waals surface area (Å²) in [7, 11) is -3.72. The zero-order chi connectivity index (χ0) is 20.2. The number of nitrogens with one attached hydrogen (secondary N) is 1. The van der Waals surface area contributed by atoms with Crippen LogP contribution in [0.3, 0.4) is 0 Å². The molecular weight excluding hydrogens is 406 g/mol. The summed E-state index contributed by atoms with van der Waals surface area (Å²) in [4.78, 5) is 16.7. The van der Waals surface area contributed by atoms with Crippen LogP contribution < -0.4 is 5.32 Å². The number of nitrogens with zero attached hydrogens (tertiary/aromatic N) is 2. The Bertz CT molecular complexity index is 906. The molecule has 2 rings (SSSR count). The first-order valence-electron chi connectivity index (χ1n) is 8.72. The second-order valence-electron chi connectivity index (χ2n) is 6.29. The summed E-state index contributed by atoms with van der Waals surface area (Å²) in [6.45, 7) is 8.31. The van der Waals surface area contributed by atoms with Gasteiger partial charge in [0.05, 0.1) is 22.1 Å². The number of halogens is 1. The van der Waals surface area contributed by atoms with E-state index in [2.05, 4.69) is 10.3 Å². The fourth-order valence-corrected chi connectivity index (χ4v) is 5.31. The Morgan fingerprint density at radius 2 is 1.96 bits per heavy atom. The lowest BCUT2D eigenvalue weighted by molar-refractivity contribution is -0.115. The zero-order valence-electron chi connectivity index (χ0n) is 15.8. The van der Waals surface area contributed by atoms with Crippen LogP contribution in [0.2, 0.25) is 5.02 Å². The predicted molar refractivity (Wildman–Crippen MR) is 110 cm³/mol. The summed E-state index contributed by atoms with van der Waals surface area (Å²) in [5.74, 6) is 0.0556. The third-order valence-corrected chi connectivity index (χ3v) is 7.67. The molecule has 0 radical (unpaired) electrons. The van der Waals surface area contributed by atoms with E-state index in [4.69, 9.17) is 11.6 Å². The van der Waals surface area contributed by atoms with Crippen LogP contribution in [0.5, 0.6) is 0 Å². The third-order valence-electron chi connectivity index (χ3n) is 3.94. The molecule has 0 saturated carbocycles. The van der Waals surface area contributed by atoms with Crippen molar-refractivity contribution in [1.82, 2.24) is 9.29 Å². The normalized spacial score (nSPS) is 12.0. The molecule has 6 nitrogen and oxygen atoms in total. The number of rotatable bonds is 8. The summed E-state index contributed by atoms with van der Waals surface area (Å²) in [6, 6.07) is 4.46. The van der Waals surface area contributed by atoms with Gasteiger partial charge in [-0.05, 0) is 18.2 Å². The van der Waals surface area contributed by atoms with Crippen molar-refractivity contribution in [3.05, 3.63) is 39.3 Å². The van der Waals surface area contributed by atoms with Gasteiger partial charge in [-0.15, -0.1) is 11.3 Å². The number of carbonyl (C=O) groups excluding carboxylic acids is 1. The van der Waals surface area contributed by atoms with E-state index < -0.39 is 10.0 Å². The number of amides is 1. The van der Waals surface area contributed by atoms with Crippen LogP contribution in [0.1, 0.15) is 44.3 Å². The van der Waals surface area contributed by atoms with Gasteiger partial charge in [-0.2, -0.15) is 4.31 Å². The fraction of sp³-hybridized carbons (Fsp3) is 0.444. The molecule has 0 aliphatic carbocycles. The lowest BCUT2D eigenvalue weighted by Gasteiger charge is -2.19. The number of anilines is 1. The lowest BCUT2D eigenvalue weighted by atomic mass is 10.2. The van der Waals surface area contributed by atoms with Crippen molar-refractivity contribution in [1.29, 1.82) is 0 Å². The van der Waals surface area contributed by atoms with Crippen LogP contribution >= 0.6 is 22.9 Å². The largest absolute Gasteiger partial charge is 0.326 e. The third kappa shape index (κ3) is 5.28. The summed E-state index contributed by atoms with van der Waals surface area (Å²) < 4.78 is 26.8. The first-order valence-corrected chi connectivity index (χ1v) is 11.4. The van der Waals surface area contributed by atoms with Crippen molar-refractivity contribution in [3.8, 4) is 0 Å². The van der Waals surface area contributed by atoms with Gasteiger partial charge in [0.25, 0.3) is 0 Å². The van der Waals surface area contributed by atoms with Gasteiger partial charge in [-0.3, -0.25) is 4.79 Å². The van der Waals surface area contributed by atoms with Gasteiger partial charge < -0.3 is 5.32 Å². The maximum atomic E-state index is 12.7. The van der Waals surface area contributed by atoms with Crippen LogP contribution in [0.15, 0.2) is 28.5 Å². The monoisotopic (exact) mass is 429 g/mol. The highest BCUT2D eigenvalue weighted by Crippen LogP contribution is 2.28. The number of thiazole rings is 1. The average molecular weight is 430 g/mol. The molecule has 1 heterocycles. The summed E-state index contributed by atoms with van der Waals surface area (Å²) in [5, 5.41) is 5.70. The maximum Gasteiger partial charge on any atom is 0.244 e. The number of sulfonamides is 1. The molecule has 9 heteroatoms. The van der Waals surface area contributed by atoms with Crippen LogP contribution in [-0.2, 0) is 21.2 Å². The predicted octanol–water partition coefficient (Wildman–Crippen LogP) is 4.13.